The van der Waals surface area contributed by atoms with Crippen LogP contribution in [0.2, 0.25) is 10.0 Å². The maximum atomic E-state index is 12.3. The van der Waals surface area contributed by atoms with Gasteiger partial charge in [0.15, 0.2) is 0 Å². The fraction of sp³-hybridized carbons (Fsp3) is 0.300. The Labute approximate surface area is 167 Å². The Hall–Kier alpha value is -2.24. The second kappa shape index (κ2) is 8.19. The normalized spacial score (nSPS) is 19.7. The molecule has 142 valence electrons. The van der Waals surface area contributed by atoms with Crippen LogP contribution in [0.1, 0.15) is 48.4 Å². The van der Waals surface area contributed by atoms with Crippen LogP contribution >= 0.6 is 23.2 Å². The molecule has 0 aromatic heterocycles. The Bertz CT molecular complexity index is 872. The minimum absolute atomic E-state index is 0.161. The van der Waals surface area contributed by atoms with Gasteiger partial charge in [0.05, 0.1) is 16.1 Å². The van der Waals surface area contributed by atoms with E-state index in [1.165, 1.54) is 6.92 Å². The molecule has 0 bridgehead atoms. The molecule has 3 atom stereocenters. The summed E-state index contributed by atoms with van der Waals surface area (Å²) in [6.45, 7) is 1.52. The summed E-state index contributed by atoms with van der Waals surface area (Å²) >= 11 is 12.2. The molecule has 2 aromatic rings. The molecule has 2 amide bonds. The quantitative estimate of drug-likeness (QED) is 0.686. The van der Waals surface area contributed by atoms with E-state index in [1.807, 2.05) is 30.3 Å². The number of benzene rings is 2. The van der Waals surface area contributed by atoms with Gasteiger partial charge < -0.3 is 15.7 Å². The van der Waals surface area contributed by atoms with E-state index in [2.05, 4.69) is 16.7 Å². The van der Waals surface area contributed by atoms with Crippen molar-refractivity contribution in [3.8, 4) is 0 Å². The van der Waals surface area contributed by atoms with Crippen LogP contribution in [-0.4, -0.2) is 23.1 Å². The van der Waals surface area contributed by atoms with Crippen molar-refractivity contribution < 1.29 is 14.7 Å². The van der Waals surface area contributed by atoms with Crippen LogP contribution < -0.4 is 10.6 Å². The Morgan fingerprint density at radius 2 is 1.78 bits per heavy atom. The number of amides is 2. The van der Waals surface area contributed by atoms with Crippen LogP contribution in [0, 0.1) is 0 Å². The summed E-state index contributed by atoms with van der Waals surface area (Å²) in [7, 11) is 0. The molecule has 27 heavy (non-hydrogen) atoms. The Morgan fingerprint density at radius 1 is 1.07 bits per heavy atom. The molecule has 7 heteroatoms. The predicted octanol–water partition coefficient (Wildman–Crippen LogP) is 4.73. The van der Waals surface area contributed by atoms with Crippen LogP contribution in [0.25, 0.3) is 0 Å². The van der Waals surface area contributed by atoms with Crippen molar-refractivity contribution in [3.05, 3.63) is 69.2 Å². The third-order valence-electron chi connectivity index (χ3n) is 4.89. The lowest BCUT2D eigenvalue weighted by Gasteiger charge is -2.33. The van der Waals surface area contributed by atoms with Gasteiger partial charge in [-0.15, -0.1) is 0 Å². The SMILES string of the molecule is CC(NC(=O)O)C(=O)NC1CCC(c2ccc(Cl)c(Cl)c2)c2ccccc21. The summed E-state index contributed by atoms with van der Waals surface area (Å²) < 4.78 is 0. The van der Waals surface area contributed by atoms with Gasteiger partial charge >= 0.3 is 6.09 Å². The molecule has 0 saturated heterocycles. The molecule has 3 unspecified atom stereocenters. The monoisotopic (exact) mass is 406 g/mol. The molecule has 1 aliphatic carbocycles. The number of carbonyl (C=O) groups is 2. The van der Waals surface area contributed by atoms with Crippen LogP contribution in [-0.2, 0) is 4.79 Å². The van der Waals surface area contributed by atoms with Crippen LogP contribution in [0.4, 0.5) is 4.79 Å². The molecule has 2 aromatic carbocycles. The van der Waals surface area contributed by atoms with Gasteiger partial charge in [0.1, 0.15) is 6.04 Å². The van der Waals surface area contributed by atoms with E-state index < -0.39 is 12.1 Å². The molecule has 0 heterocycles. The molecule has 0 radical (unpaired) electrons. The highest BCUT2D eigenvalue weighted by Crippen LogP contribution is 2.42. The zero-order chi connectivity index (χ0) is 19.6. The Kier molecular flexibility index (Phi) is 5.92. The molecule has 0 spiro atoms. The lowest BCUT2D eigenvalue weighted by atomic mass is 9.76. The Balaban J connectivity index is 1.85. The van der Waals surface area contributed by atoms with Gasteiger partial charge in [0.25, 0.3) is 0 Å². The number of hydrogen-bond acceptors (Lipinski definition) is 2. The molecule has 0 fully saturated rings. The Morgan fingerprint density at radius 3 is 2.44 bits per heavy atom. The van der Waals surface area contributed by atoms with Crippen molar-refractivity contribution in [3.63, 3.8) is 0 Å². The molecular weight excluding hydrogens is 387 g/mol. The predicted molar refractivity (Wildman–Crippen MR) is 105 cm³/mol. The minimum Gasteiger partial charge on any atom is -0.465 e. The van der Waals surface area contributed by atoms with Crippen molar-refractivity contribution in [2.75, 3.05) is 0 Å². The first-order chi connectivity index (χ1) is 12.9. The maximum absolute atomic E-state index is 12.3. The summed E-state index contributed by atoms with van der Waals surface area (Å²) in [5.41, 5.74) is 3.25. The number of halogens is 2. The minimum atomic E-state index is -1.22. The van der Waals surface area contributed by atoms with E-state index in [9.17, 15) is 9.59 Å². The summed E-state index contributed by atoms with van der Waals surface area (Å²) in [4.78, 5) is 23.1. The van der Waals surface area contributed by atoms with Crippen molar-refractivity contribution in [2.45, 2.75) is 37.8 Å². The second-order valence-corrected chi connectivity index (χ2v) is 7.48. The number of nitrogens with one attached hydrogen (secondary N) is 2. The first-order valence-electron chi connectivity index (χ1n) is 8.70. The molecular formula is C20H20Cl2N2O3. The van der Waals surface area contributed by atoms with Crippen molar-refractivity contribution in [1.82, 2.24) is 10.6 Å². The number of rotatable bonds is 4. The maximum Gasteiger partial charge on any atom is 0.405 e. The van der Waals surface area contributed by atoms with E-state index in [-0.39, 0.29) is 17.9 Å². The topological polar surface area (TPSA) is 78.4 Å². The highest BCUT2D eigenvalue weighted by atomic mass is 35.5. The fourth-order valence-corrected chi connectivity index (χ4v) is 3.87. The highest BCUT2D eigenvalue weighted by molar-refractivity contribution is 6.42. The number of fused-ring (bicyclic) bond motifs is 1. The average molecular weight is 407 g/mol. The summed E-state index contributed by atoms with van der Waals surface area (Å²) in [5, 5.41) is 15.0. The first kappa shape index (κ1) is 19.5. The average Bonchev–Trinajstić information content (AvgIpc) is 2.64. The zero-order valence-electron chi connectivity index (χ0n) is 14.7. The van der Waals surface area contributed by atoms with Gasteiger partial charge in [-0.3, -0.25) is 4.79 Å². The van der Waals surface area contributed by atoms with E-state index >= 15 is 0 Å². The number of hydrogen-bond donors (Lipinski definition) is 3. The first-order valence-corrected chi connectivity index (χ1v) is 9.46. The largest absolute Gasteiger partial charge is 0.465 e. The molecule has 0 saturated carbocycles. The summed E-state index contributed by atoms with van der Waals surface area (Å²) in [5.74, 6) is -0.177. The van der Waals surface area contributed by atoms with Gasteiger partial charge in [-0.1, -0.05) is 53.5 Å². The molecule has 1 aliphatic rings. The van der Waals surface area contributed by atoms with E-state index in [0.29, 0.717) is 10.0 Å². The van der Waals surface area contributed by atoms with E-state index in [4.69, 9.17) is 28.3 Å². The second-order valence-electron chi connectivity index (χ2n) is 6.66. The van der Waals surface area contributed by atoms with Gasteiger partial charge in [-0.05, 0) is 48.6 Å². The van der Waals surface area contributed by atoms with Crippen molar-refractivity contribution >= 4 is 35.2 Å². The fourth-order valence-electron chi connectivity index (χ4n) is 3.56. The lowest BCUT2D eigenvalue weighted by molar-refractivity contribution is -0.123. The standard InChI is InChI=1S/C20H20Cl2N2O3/c1-11(23-20(26)27)19(25)24-18-9-7-13(14-4-2-3-5-15(14)18)12-6-8-16(21)17(22)10-12/h2-6,8,10-11,13,18,23H,7,9H2,1H3,(H,24,25)(H,26,27). The van der Waals surface area contributed by atoms with Gasteiger partial charge in [-0.2, -0.15) is 0 Å². The summed E-state index contributed by atoms with van der Waals surface area (Å²) in [6.07, 6.45) is 0.357. The molecule has 3 N–H and O–H groups in total. The third kappa shape index (κ3) is 4.37. The molecule has 3 rings (SSSR count). The smallest absolute Gasteiger partial charge is 0.405 e. The van der Waals surface area contributed by atoms with Gasteiger partial charge in [-0.25, -0.2) is 4.79 Å². The number of carboxylic acid groups (broad SMARTS) is 1. The van der Waals surface area contributed by atoms with E-state index in [0.717, 1.165) is 29.5 Å². The molecule has 0 aliphatic heterocycles. The molecule has 5 nitrogen and oxygen atoms in total. The third-order valence-corrected chi connectivity index (χ3v) is 5.63. The summed E-state index contributed by atoms with van der Waals surface area (Å²) in [6, 6.07) is 12.7. The van der Waals surface area contributed by atoms with Gasteiger partial charge in [0.2, 0.25) is 5.91 Å². The van der Waals surface area contributed by atoms with Gasteiger partial charge in [0, 0.05) is 5.92 Å². The van der Waals surface area contributed by atoms with E-state index in [1.54, 1.807) is 6.07 Å². The van der Waals surface area contributed by atoms with Crippen molar-refractivity contribution in [1.29, 1.82) is 0 Å². The lowest BCUT2D eigenvalue weighted by Crippen LogP contribution is -2.46. The van der Waals surface area contributed by atoms with Crippen LogP contribution in [0.3, 0.4) is 0 Å². The van der Waals surface area contributed by atoms with Crippen LogP contribution in [0.15, 0.2) is 42.5 Å². The van der Waals surface area contributed by atoms with Crippen LogP contribution in [0.5, 0.6) is 0 Å². The highest BCUT2D eigenvalue weighted by Gasteiger charge is 2.30. The number of carbonyl (C=O) groups excluding carboxylic acids is 1. The zero-order valence-corrected chi connectivity index (χ0v) is 16.2. The van der Waals surface area contributed by atoms with Crippen molar-refractivity contribution in [2.24, 2.45) is 0 Å².